The smallest absolute Gasteiger partial charge is 0.308 e. The number of fused-ring (bicyclic) bond motifs is 4. The minimum absolute atomic E-state index is 0.0358. The van der Waals surface area contributed by atoms with Gasteiger partial charge < -0.3 is 14.6 Å². The lowest BCUT2D eigenvalue weighted by molar-refractivity contribution is -0.188. The number of aryl methyl sites for hydroxylation is 1. The number of para-hydroxylation sites is 2. The highest BCUT2D eigenvalue weighted by Crippen LogP contribution is 2.56. The summed E-state index contributed by atoms with van der Waals surface area (Å²) < 4.78 is 6.44. The highest BCUT2D eigenvalue weighted by atomic mass is 16.6. The summed E-state index contributed by atoms with van der Waals surface area (Å²) in [6.45, 7) is 5.86. The number of H-pyrrole nitrogens is 1. The van der Waals surface area contributed by atoms with Crippen molar-refractivity contribution in [2.45, 2.75) is 70.3 Å². The minimum atomic E-state index is -0.317. The molecule has 3 aliphatic carbocycles. The first-order valence-electron chi connectivity index (χ1n) is 13.8. The van der Waals surface area contributed by atoms with Crippen LogP contribution in [0.25, 0.3) is 11.0 Å². The molecule has 0 radical (unpaired) electrons. The van der Waals surface area contributed by atoms with Gasteiger partial charge in [0.2, 0.25) is 0 Å². The second-order valence-corrected chi connectivity index (χ2v) is 11.5. The molecule has 0 unspecified atom stereocenters. The second-order valence-electron chi connectivity index (χ2n) is 11.5. The Bertz CT molecular complexity index is 1120. The standard InChI is InChI=1S/C31H41N3O2/c1-22(2)30(35)36-31(21-24-15-16-25(31)20-26(24)23-10-5-4-6-11-23)17-19-34(3)18-9-14-29-32-27-12-7-8-13-28(27)33-29/h4-8,10-13,22,24-26H,9,14-21H2,1-3H3,(H,32,33)/t24-,25-,26-,31+/m1/s1. The molecule has 2 bridgehead atoms. The molecule has 3 aromatic rings. The molecule has 192 valence electrons. The second kappa shape index (κ2) is 10.8. The number of nitrogens with zero attached hydrogens (tertiary/aromatic N) is 2. The Morgan fingerprint density at radius 3 is 2.61 bits per heavy atom. The zero-order chi connectivity index (χ0) is 25.1. The third-order valence-electron chi connectivity index (χ3n) is 8.66. The van der Waals surface area contributed by atoms with E-state index in [2.05, 4.69) is 59.4 Å². The molecule has 2 aromatic carbocycles. The van der Waals surface area contributed by atoms with E-state index in [0.717, 1.165) is 62.1 Å². The SMILES string of the molecule is CC(C)C(=O)O[C@@]1(CCN(C)CCCc2nc3ccccc3[nH]2)C[C@H]2CC[C@@H]1C[C@@H]2c1ccccc1. The first-order valence-corrected chi connectivity index (χ1v) is 13.8. The molecule has 5 nitrogen and oxygen atoms in total. The lowest BCUT2D eigenvalue weighted by Gasteiger charge is -2.54. The van der Waals surface area contributed by atoms with Crippen LogP contribution in [0.2, 0.25) is 0 Å². The van der Waals surface area contributed by atoms with Crippen LogP contribution in [0, 0.1) is 17.8 Å². The van der Waals surface area contributed by atoms with Crippen molar-refractivity contribution in [3.05, 3.63) is 66.0 Å². The molecule has 1 aromatic heterocycles. The predicted molar refractivity (Wildman–Crippen MR) is 145 cm³/mol. The van der Waals surface area contributed by atoms with E-state index >= 15 is 0 Å². The zero-order valence-corrected chi connectivity index (χ0v) is 22.1. The van der Waals surface area contributed by atoms with Gasteiger partial charge in [-0.2, -0.15) is 0 Å². The number of aromatic amines is 1. The lowest BCUT2D eigenvalue weighted by atomic mass is 9.55. The van der Waals surface area contributed by atoms with Crippen LogP contribution in [0.3, 0.4) is 0 Å². The molecule has 1 heterocycles. The monoisotopic (exact) mass is 487 g/mol. The van der Waals surface area contributed by atoms with Gasteiger partial charge in [0.15, 0.2) is 0 Å². The maximum Gasteiger partial charge on any atom is 0.308 e. The van der Waals surface area contributed by atoms with Crippen molar-refractivity contribution in [3.63, 3.8) is 0 Å². The minimum Gasteiger partial charge on any atom is -0.459 e. The third kappa shape index (κ3) is 5.36. The van der Waals surface area contributed by atoms with Gasteiger partial charge >= 0.3 is 5.97 Å². The Hall–Kier alpha value is -2.66. The van der Waals surface area contributed by atoms with Crippen molar-refractivity contribution in [1.82, 2.24) is 14.9 Å². The van der Waals surface area contributed by atoms with Crippen LogP contribution in [0.5, 0.6) is 0 Å². The molecule has 5 heteroatoms. The molecule has 6 rings (SSSR count). The quantitative estimate of drug-likeness (QED) is 0.338. The van der Waals surface area contributed by atoms with Gasteiger partial charge in [-0.1, -0.05) is 56.3 Å². The van der Waals surface area contributed by atoms with Gasteiger partial charge in [0.25, 0.3) is 0 Å². The average molecular weight is 488 g/mol. The summed E-state index contributed by atoms with van der Waals surface area (Å²) in [7, 11) is 2.20. The van der Waals surface area contributed by atoms with Crippen LogP contribution < -0.4 is 0 Å². The van der Waals surface area contributed by atoms with Crippen LogP contribution >= 0.6 is 0 Å². The summed E-state index contributed by atoms with van der Waals surface area (Å²) >= 11 is 0. The Morgan fingerprint density at radius 1 is 1.11 bits per heavy atom. The fraction of sp³-hybridized carbons (Fsp3) is 0.548. The molecule has 3 saturated carbocycles. The van der Waals surface area contributed by atoms with Gasteiger partial charge in [-0.15, -0.1) is 0 Å². The van der Waals surface area contributed by atoms with Gasteiger partial charge in [-0.05, 0) is 81.1 Å². The molecule has 4 atom stereocenters. The summed E-state index contributed by atoms with van der Waals surface area (Å²) in [4.78, 5) is 23.4. The van der Waals surface area contributed by atoms with Crippen molar-refractivity contribution >= 4 is 17.0 Å². The van der Waals surface area contributed by atoms with Crippen molar-refractivity contribution in [1.29, 1.82) is 0 Å². The van der Waals surface area contributed by atoms with E-state index in [-0.39, 0.29) is 17.5 Å². The molecule has 0 spiro atoms. The predicted octanol–water partition coefficient (Wildman–Crippen LogP) is 6.36. The van der Waals surface area contributed by atoms with Crippen molar-refractivity contribution in [3.8, 4) is 0 Å². The first-order chi connectivity index (χ1) is 17.4. The summed E-state index contributed by atoms with van der Waals surface area (Å²) in [6, 6.07) is 19.2. The van der Waals surface area contributed by atoms with Gasteiger partial charge in [0, 0.05) is 19.4 Å². The van der Waals surface area contributed by atoms with E-state index in [4.69, 9.17) is 9.72 Å². The number of carbonyl (C=O) groups excluding carboxylic acids is 1. The Kier molecular flexibility index (Phi) is 7.47. The number of aromatic nitrogens is 2. The van der Waals surface area contributed by atoms with Gasteiger partial charge in [-0.3, -0.25) is 4.79 Å². The van der Waals surface area contributed by atoms with E-state index in [1.807, 2.05) is 26.0 Å². The largest absolute Gasteiger partial charge is 0.459 e. The zero-order valence-electron chi connectivity index (χ0n) is 22.1. The highest BCUT2D eigenvalue weighted by Gasteiger charge is 2.53. The first kappa shape index (κ1) is 25.0. The van der Waals surface area contributed by atoms with E-state index in [0.29, 0.717) is 17.8 Å². The van der Waals surface area contributed by atoms with Gasteiger partial charge in [-0.25, -0.2) is 4.98 Å². The van der Waals surface area contributed by atoms with Crippen molar-refractivity contribution < 1.29 is 9.53 Å². The van der Waals surface area contributed by atoms with Crippen molar-refractivity contribution in [2.75, 3.05) is 20.1 Å². The number of imidazole rings is 1. The topological polar surface area (TPSA) is 58.2 Å². The van der Waals surface area contributed by atoms with Gasteiger partial charge in [0.05, 0.1) is 17.0 Å². The van der Waals surface area contributed by atoms with Crippen LogP contribution in [-0.4, -0.2) is 46.6 Å². The van der Waals surface area contributed by atoms with Crippen LogP contribution in [0.15, 0.2) is 54.6 Å². The lowest BCUT2D eigenvalue weighted by Crippen LogP contribution is -2.54. The normalized spacial score (nSPS) is 25.6. The van der Waals surface area contributed by atoms with Crippen LogP contribution in [-0.2, 0) is 16.0 Å². The Labute approximate surface area is 215 Å². The number of benzene rings is 2. The Morgan fingerprint density at radius 2 is 1.89 bits per heavy atom. The summed E-state index contributed by atoms with van der Waals surface area (Å²) in [5.74, 6) is 2.57. The highest BCUT2D eigenvalue weighted by molar-refractivity contribution is 5.74. The number of esters is 1. The average Bonchev–Trinajstić information content (AvgIpc) is 3.31. The number of hydrogen-bond acceptors (Lipinski definition) is 4. The fourth-order valence-electron chi connectivity index (χ4n) is 6.61. The molecule has 0 amide bonds. The third-order valence-corrected chi connectivity index (χ3v) is 8.66. The molecule has 3 aliphatic rings. The molecular formula is C31H41N3O2. The molecule has 36 heavy (non-hydrogen) atoms. The van der Waals surface area contributed by atoms with E-state index in [9.17, 15) is 4.79 Å². The molecule has 0 saturated heterocycles. The molecule has 1 N–H and O–H groups in total. The summed E-state index contributed by atoms with van der Waals surface area (Å²) in [5.41, 5.74) is 3.29. The van der Waals surface area contributed by atoms with E-state index in [1.54, 1.807) is 0 Å². The van der Waals surface area contributed by atoms with Crippen molar-refractivity contribution in [2.24, 2.45) is 17.8 Å². The van der Waals surface area contributed by atoms with Crippen LogP contribution in [0.4, 0.5) is 0 Å². The number of ether oxygens (including phenoxy) is 1. The summed E-state index contributed by atoms with van der Waals surface area (Å²) in [6.07, 6.45) is 7.48. The Balaban J connectivity index is 1.21. The molecular weight excluding hydrogens is 446 g/mol. The maximum atomic E-state index is 12.8. The van der Waals surface area contributed by atoms with Gasteiger partial charge in [0.1, 0.15) is 11.4 Å². The maximum absolute atomic E-state index is 12.8. The fourth-order valence-corrected chi connectivity index (χ4v) is 6.61. The number of nitrogens with one attached hydrogen (secondary N) is 1. The van der Waals surface area contributed by atoms with E-state index in [1.165, 1.54) is 18.4 Å². The molecule has 3 fully saturated rings. The van der Waals surface area contributed by atoms with E-state index < -0.39 is 0 Å². The summed E-state index contributed by atoms with van der Waals surface area (Å²) in [5, 5.41) is 0. The number of hydrogen-bond donors (Lipinski definition) is 1. The molecule has 0 aliphatic heterocycles. The number of carbonyl (C=O) groups is 1. The number of rotatable bonds is 10. The van der Waals surface area contributed by atoms with Crippen LogP contribution in [0.1, 0.15) is 69.7 Å².